The summed E-state index contributed by atoms with van der Waals surface area (Å²) in [6.45, 7) is 0.355. The highest BCUT2D eigenvalue weighted by atomic mass is 16.7. The van der Waals surface area contributed by atoms with Crippen molar-refractivity contribution >= 4 is 17.9 Å². The van der Waals surface area contributed by atoms with Gasteiger partial charge < -0.3 is 15.4 Å². The van der Waals surface area contributed by atoms with Gasteiger partial charge in [-0.25, -0.2) is 9.86 Å². The SMILES string of the molecule is CON1CC(NC(=O)[C@H](Cc2ccccc2)NC(=O)OCc2ccccc2)C1=O. The van der Waals surface area contributed by atoms with Crippen LogP contribution in [0.5, 0.6) is 0 Å². The number of nitrogens with one attached hydrogen (secondary N) is 2. The Balaban J connectivity index is 1.60. The number of ether oxygens (including phenoxy) is 1. The first-order valence-corrected chi connectivity index (χ1v) is 9.24. The van der Waals surface area contributed by atoms with E-state index in [2.05, 4.69) is 10.6 Å². The second-order valence-electron chi connectivity index (χ2n) is 6.59. The average Bonchev–Trinajstić information content (AvgIpc) is 2.75. The van der Waals surface area contributed by atoms with Crippen molar-refractivity contribution in [2.45, 2.75) is 25.1 Å². The van der Waals surface area contributed by atoms with Crippen molar-refractivity contribution in [3.8, 4) is 0 Å². The highest BCUT2D eigenvalue weighted by Crippen LogP contribution is 2.11. The van der Waals surface area contributed by atoms with Gasteiger partial charge in [-0.05, 0) is 11.1 Å². The molecule has 0 aliphatic carbocycles. The smallest absolute Gasteiger partial charge is 0.408 e. The molecule has 1 saturated heterocycles. The number of rotatable bonds is 8. The number of benzene rings is 2. The Morgan fingerprint density at radius 2 is 1.69 bits per heavy atom. The maximum atomic E-state index is 12.7. The molecule has 2 aromatic rings. The second kappa shape index (κ2) is 9.70. The molecule has 1 aliphatic rings. The first kappa shape index (κ1) is 20.3. The minimum absolute atomic E-state index is 0.0935. The Labute approximate surface area is 168 Å². The average molecular weight is 397 g/mol. The minimum atomic E-state index is -0.884. The molecule has 8 heteroatoms. The van der Waals surface area contributed by atoms with Crippen molar-refractivity contribution < 1.29 is 24.0 Å². The van der Waals surface area contributed by atoms with Crippen LogP contribution in [0.15, 0.2) is 60.7 Å². The molecule has 0 spiro atoms. The summed E-state index contributed by atoms with van der Waals surface area (Å²) in [5.41, 5.74) is 1.71. The molecule has 2 aromatic carbocycles. The molecular weight excluding hydrogens is 374 g/mol. The quantitative estimate of drug-likeness (QED) is 0.657. The van der Waals surface area contributed by atoms with Gasteiger partial charge >= 0.3 is 6.09 Å². The Bertz CT molecular complexity index is 844. The molecule has 0 aromatic heterocycles. The van der Waals surface area contributed by atoms with Crippen LogP contribution in [-0.4, -0.2) is 48.7 Å². The highest BCUT2D eigenvalue weighted by molar-refractivity contribution is 5.94. The van der Waals surface area contributed by atoms with Crippen LogP contribution < -0.4 is 10.6 Å². The molecule has 29 heavy (non-hydrogen) atoms. The van der Waals surface area contributed by atoms with Gasteiger partial charge in [-0.1, -0.05) is 60.7 Å². The number of carbonyl (C=O) groups excluding carboxylic acids is 3. The normalized spacial score (nSPS) is 16.5. The van der Waals surface area contributed by atoms with Crippen molar-refractivity contribution in [2.75, 3.05) is 13.7 Å². The van der Waals surface area contributed by atoms with Crippen molar-refractivity contribution in [1.82, 2.24) is 15.7 Å². The Kier molecular flexibility index (Phi) is 6.80. The number of carbonyl (C=O) groups is 3. The summed E-state index contributed by atoms with van der Waals surface area (Å²) >= 11 is 0. The van der Waals surface area contributed by atoms with Gasteiger partial charge in [0.25, 0.3) is 5.91 Å². The zero-order valence-corrected chi connectivity index (χ0v) is 16.0. The molecule has 2 N–H and O–H groups in total. The van der Waals surface area contributed by atoms with Crippen LogP contribution in [0.3, 0.4) is 0 Å². The Hall–Kier alpha value is -3.39. The lowest BCUT2D eigenvalue weighted by molar-refractivity contribution is -0.203. The fourth-order valence-electron chi connectivity index (χ4n) is 2.91. The van der Waals surface area contributed by atoms with Crippen LogP contribution in [0.4, 0.5) is 4.79 Å². The van der Waals surface area contributed by atoms with Gasteiger partial charge in [0, 0.05) is 6.42 Å². The number of nitrogens with zero attached hydrogens (tertiary/aromatic N) is 1. The maximum absolute atomic E-state index is 12.7. The van der Waals surface area contributed by atoms with E-state index in [0.717, 1.165) is 16.2 Å². The van der Waals surface area contributed by atoms with Gasteiger partial charge in [0.15, 0.2) is 0 Å². The number of amides is 3. The summed E-state index contributed by atoms with van der Waals surface area (Å²) in [5.74, 6) is -0.786. The standard InChI is InChI=1S/C21H23N3O5/c1-28-24-13-18(20(24)26)22-19(25)17(12-15-8-4-2-5-9-15)23-21(27)29-14-16-10-6-3-7-11-16/h2-11,17-18H,12-14H2,1H3,(H,22,25)(H,23,27)/t17-,18?/m0/s1. The molecule has 152 valence electrons. The second-order valence-corrected chi connectivity index (χ2v) is 6.59. The van der Waals surface area contributed by atoms with E-state index in [0.29, 0.717) is 0 Å². The van der Waals surface area contributed by atoms with Crippen molar-refractivity contribution in [3.63, 3.8) is 0 Å². The Morgan fingerprint density at radius 3 is 2.28 bits per heavy atom. The van der Waals surface area contributed by atoms with Crippen LogP contribution >= 0.6 is 0 Å². The third kappa shape index (κ3) is 5.55. The maximum Gasteiger partial charge on any atom is 0.408 e. The highest BCUT2D eigenvalue weighted by Gasteiger charge is 2.39. The van der Waals surface area contributed by atoms with E-state index in [1.807, 2.05) is 60.7 Å². The predicted octanol–water partition coefficient (Wildman–Crippen LogP) is 1.41. The van der Waals surface area contributed by atoms with Crippen LogP contribution in [-0.2, 0) is 32.2 Å². The fourth-order valence-corrected chi connectivity index (χ4v) is 2.91. The first-order chi connectivity index (χ1) is 14.1. The molecule has 2 atom stereocenters. The van der Waals surface area contributed by atoms with E-state index in [1.165, 1.54) is 7.11 Å². The molecule has 0 radical (unpaired) electrons. The lowest BCUT2D eigenvalue weighted by atomic mass is 10.0. The van der Waals surface area contributed by atoms with Crippen LogP contribution in [0.1, 0.15) is 11.1 Å². The summed E-state index contributed by atoms with van der Waals surface area (Å²) < 4.78 is 5.22. The summed E-state index contributed by atoms with van der Waals surface area (Å²) in [6.07, 6.45) is -0.439. The number of alkyl carbamates (subject to hydrolysis) is 1. The minimum Gasteiger partial charge on any atom is -0.445 e. The van der Waals surface area contributed by atoms with E-state index < -0.39 is 24.1 Å². The number of hydrogen-bond donors (Lipinski definition) is 2. The largest absolute Gasteiger partial charge is 0.445 e. The van der Waals surface area contributed by atoms with E-state index in [-0.39, 0.29) is 25.5 Å². The lowest BCUT2D eigenvalue weighted by Crippen LogP contribution is -2.65. The topological polar surface area (TPSA) is 97.0 Å². The lowest BCUT2D eigenvalue weighted by Gasteiger charge is -2.36. The van der Waals surface area contributed by atoms with E-state index >= 15 is 0 Å². The predicted molar refractivity (Wildman–Crippen MR) is 104 cm³/mol. The van der Waals surface area contributed by atoms with Gasteiger partial charge in [0.05, 0.1) is 13.7 Å². The van der Waals surface area contributed by atoms with Crippen molar-refractivity contribution in [1.29, 1.82) is 0 Å². The number of β-lactam (4-membered cyclic amide) rings is 1. The van der Waals surface area contributed by atoms with Gasteiger partial charge in [-0.15, -0.1) is 0 Å². The van der Waals surface area contributed by atoms with Crippen LogP contribution in [0.25, 0.3) is 0 Å². The van der Waals surface area contributed by atoms with E-state index in [4.69, 9.17) is 9.57 Å². The third-order valence-corrected chi connectivity index (χ3v) is 4.53. The van der Waals surface area contributed by atoms with Crippen molar-refractivity contribution in [2.24, 2.45) is 0 Å². The molecule has 8 nitrogen and oxygen atoms in total. The van der Waals surface area contributed by atoms with Gasteiger partial charge in [0.1, 0.15) is 18.7 Å². The Morgan fingerprint density at radius 1 is 1.07 bits per heavy atom. The molecule has 3 rings (SSSR count). The fraction of sp³-hybridized carbons (Fsp3) is 0.286. The molecule has 1 aliphatic heterocycles. The summed E-state index contributed by atoms with van der Waals surface area (Å²) in [4.78, 5) is 41.7. The summed E-state index contributed by atoms with van der Waals surface area (Å²) in [7, 11) is 1.39. The monoisotopic (exact) mass is 397 g/mol. The molecule has 0 saturated carbocycles. The molecule has 1 heterocycles. The summed E-state index contributed by atoms with van der Waals surface area (Å²) in [5, 5.41) is 6.40. The van der Waals surface area contributed by atoms with E-state index in [1.54, 1.807) is 0 Å². The van der Waals surface area contributed by atoms with Crippen LogP contribution in [0.2, 0.25) is 0 Å². The van der Waals surface area contributed by atoms with Crippen molar-refractivity contribution in [3.05, 3.63) is 71.8 Å². The van der Waals surface area contributed by atoms with Gasteiger partial charge in [-0.3, -0.25) is 14.4 Å². The third-order valence-electron chi connectivity index (χ3n) is 4.53. The van der Waals surface area contributed by atoms with Crippen LogP contribution in [0, 0.1) is 0 Å². The number of hydroxylamine groups is 2. The zero-order chi connectivity index (χ0) is 20.6. The zero-order valence-electron chi connectivity index (χ0n) is 16.0. The van der Waals surface area contributed by atoms with Gasteiger partial charge in [-0.2, -0.15) is 0 Å². The molecule has 1 fully saturated rings. The molecule has 3 amide bonds. The molecule has 0 bridgehead atoms. The van der Waals surface area contributed by atoms with Gasteiger partial charge in [0.2, 0.25) is 5.91 Å². The summed E-state index contributed by atoms with van der Waals surface area (Å²) in [6, 6.07) is 17.0. The number of hydrogen-bond acceptors (Lipinski definition) is 5. The molecule has 1 unspecified atom stereocenters. The van der Waals surface area contributed by atoms with E-state index in [9.17, 15) is 14.4 Å². The molecular formula is C21H23N3O5. The first-order valence-electron chi connectivity index (χ1n) is 9.24.